The number of anilines is 2. The van der Waals surface area contributed by atoms with Crippen LogP contribution in [0.25, 0.3) is 33.4 Å². The first-order valence-electron chi connectivity index (χ1n) is 12.4. The number of nitrogens with one attached hydrogen (secondary N) is 1. The van der Waals surface area contributed by atoms with Crippen molar-refractivity contribution in [2.45, 2.75) is 26.2 Å². The molecule has 0 atom stereocenters. The van der Waals surface area contributed by atoms with E-state index in [-0.39, 0.29) is 17.4 Å². The average Bonchev–Trinajstić information content (AvgIpc) is 3.20. The van der Waals surface area contributed by atoms with Gasteiger partial charge in [0.1, 0.15) is 29.3 Å². The summed E-state index contributed by atoms with van der Waals surface area (Å²) in [5.41, 5.74) is 10.5. The lowest BCUT2D eigenvalue weighted by atomic mass is 9.98. The number of amides is 1. The molecule has 1 saturated heterocycles. The zero-order valence-electron chi connectivity index (χ0n) is 21.3. The smallest absolute Gasteiger partial charge is 0.248 e. The highest BCUT2D eigenvalue weighted by Crippen LogP contribution is 2.42. The second-order valence-electron chi connectivity index (χ2n) is 9.31. The number of carbonyl (C=O) groups excluding carboxylic acids is 1. The molecule has 1 aliphatic rings. The van der Waals surface area contributed by atoms with E-state index in [2.05, 4.69) is 19.6 Å². The Kier molecular flexibility index (Phi) is 6.98. The fourth-order valence-electron chi connectivity index (χ4n) is 4.88. The molecular weight excluding hydrogens is 503 g/mol. The van der Waals surface area contributed by atoms with E-state index in [4.69, 9.17) is 5.73 Å². The SMILES string of the molecule is C/C=C/C(=O)Nc1ccc(-c2c(-c3ccc(N=S4(=O)CCCCC4)c(F)c3)c3c(N)ncnc3n2C)cc1. The van der Waals surface area contributed by atoms with Crippen LogP contribution in [-0.2, 0) is 21.6 Å². The minimum absolute atomic E-state index is 0.105. The third-order valence-corrected chi connectivity index (χ3v) is 9.05. The van der Waals surface area contributed by atoms with E-state index < -0.39 is 15.5 Å². The molecule has 4 aromatic rings. The fourth-order valence-corrected chi connectivity index (χ4v) is 7.09. The van der Waals surface area contributed by atoms with Crippen molar-refractivity contribution in [3.63, 3.8) is 0 Å². The normalized spacial score (nSPS) is 15.1. The van der Waals surface area contributed by atoms with Crippen LogP contribution >= 0.6 is 0 Å². The summed E-state index contributed by atoms with van der Waals surface area (Å²) >= 11 is 0. The van der Waals surface area contributed by atoms with Crippen molar-refractivity contribution in [2.75, 3.05) is 22.6 Å². The van der Waals surface area contributed by atoms with Crippen molar-refractivity contribution in [2.24, 2.45) is 11.4 Å². The van der Waals surface area contributed by atoms with E-state index in [1.807, 2.05) is 23.7 Å². The van der Waals surface area contributed by atoms with Crippen molar-refractivity contribution in [3.05, 3.63) is 66.8 Å². The number of fused-ring (bicyclic) bond motifs is 1. The largest absolute Gasteiger partial charge is 0.383 e. The van der Waals surface area contributed by atoms with E-state index in [9.17, 15) is 9.00 Å². The maximum Gasteiger partial charge on any atom is 0.248 e. The van der Waals surface area contributed by atoms with Gasteiger partial charge in [0, 0.05) is 29.8 Å². The Morgan fingerprint density at radius 1 is 1.11 bits per heavy atom. The van der Waals surface area contributed by atoms with Crippen LogP contribution in [0.4, 0.5) is 21.6 Å². The fraction of sp³-hybridized carbons (Fsp3) is 0.250. The Morgan fingerprint density at radius 2 is 1.82 bits per heavy atom. The monoisotopic (exact) mass is 532 g/mol. The second kappa shape index (κ2) is 10.4. The zero-order valence-corrected chi connectivity index (χ0v) is 22.1. The first kappa shape index (κ1) is 25.6. The summed E-state index contributed by atoms with van der Waals surface area (Å²) in [5.74, 6) is 0.517. The molecule has 1 aliphatic heterocycles. The highest BCUT2D eigenvalue weighted by Gasteiger charge is 2.23. The predicted octanol–water partition coefficient (Wildman–Crippen LogP) is 5.82. The molecule has 0 aliphatic carbocycles. The topological polar surface area (TPSA) is 115 Å². The summed E-state index contributed by atoms with van der Waals surface area (Å²) in [4.78, 5) is 20.5. The first-order chi connectivity index (χ1) is 18.3. The number of benzene rings is 2. The van der Waals surface area contributed by atoms with Crippen LogP contribution in [0.5, 0.6) is 0 Å². The molecule has 10 heteroatoms. The Labute approximate surface area is 221 Å². The highest BCUT2D eigenvalue weighted by molar-refractivity contribution is 7.93. The number of aromatic nitrogens is 3. The van der Waals surface area contributed by atoms with Crippen molar-refractivity contribution >= 4 is 43.9 Å². The number of aryl methyl sites for hydroxylation is 1. The molecule has 196 valence electrons. The maximum absolute atomic E-state index is 15.4. The van der Waals surface area contributed by atoms with Crippen molar-refractivity contribution in [3.8, 4) is 22.4 Å². The molecule has 0 bridgehead atoms. The molecule has 2 aromatic heterocycles. The number of rotatable bonds is 5. The third kappa shape index (κ3) is 4.91. The second-order valence-corrected chi connectivity index (χ2v) is 11.8. The summed E-state index contributed by atoms with van der Waals surface area (Å²) < 4.78 is 34.7. The van der Waals surface area contributed by atoms with Crippen LogP contribution < -0.4 is 11.1 Å². The first-order valence-corrected chi connectivity index (χ1v) is 14.3. The van der Waals surface area contributed by atoms with Crippen molar-refractivity contribution in [1.29, 1.82) is 0 Å². The molecule has 0 unspecified atom stereocenters. The summed E-state index contributed by atoms with van der Waals surface area (Å²) in [6, 6.07) is 12.1. The van der Waals surface area contributed by atoms with Crippen LogP contribution in [0.1, 0.15) is 26.2 Å². The maximum atomic E-state index is 15.4. The molecule has 0 spiro atoms. The number of hydrogen-bond donors (Lipinski definition) is 2. The van der Waals surface area contributed by atoms with Gasteiger partial charge in [0.15, 0.2) is 0 Å². The molecule has 2 aromatic carbocycles. The minimum atomic E-state index is -2.44. The molecule has 5 rings (SSSR count). The van der Waals surface area contributed by atoms with E-state index in [1.54, 1.807) is 37.3 Å². The molecule has 38 heavy (non-hydrogen) atoms. The molecule has 3 heterocycles. The molecule has 0 saturated carbocycles. The number of nitrogen functional groups attached to an aromatic ring is 1. The lowest BCUT2D eigenvalue weighted by molar-refractivity contribution is -0.111. The standard InChI is InChI=1S/C28H29FN6O2S/c1-3-7-23(36)33-20-11-8-18(9-12-20)26-24(25-27(30)31-17-32-28(25)35(26)2)19-10-13-22(21(29)16-19)34-38(37)14-5-4-6-15-38/h3,7-13,16-17H,4-6,14-15H2,1-2H3,(H,33,36)(H2,30,31,32)/b7-3+. The Bertz CT molecular complexity index is 1670. The highest BCUT2D eigenvalue weighted by atomic mass is 32.2. The van der Waals surface area contributed by atoms with Gasteiger partial charge in [-0.15, -0.1) is 0 Å². The van der Waals surface area contributed by atoms with Gasteiger partial charge in [0.25, 0.3) is 0 Å². The van der Waals surface area contributed by atoms with Gasteiger partial charge >= 0.3 is 0 Å². The zero-order chi connectivity index (χ0) is 26.9. The third-order valence-electron chi connectivity index (χ3n) is 6.67. The number of carbonyl (C=O) groups is 1. The number of allylic oxidation sites excluding steroid dienone is 1. The van der Waals surface area contributed by atoms with Gasteiger partial charge in [-0.25, -0.2) is 18.6 Å². The van der Waals surface area contributed by atoms with E-state index in [0.717, 1.165) is 30.5 Å². The molecule has 3 N–H and O–H groups in total. The van der Waals surface area contributed by atoms with Gasteiger partial charge in [0.05, 0.1) is 20.8 Å². The van der Waals surface area contributed by atoms with Gasteiger partial charge in [-0.1, -0.05) is 30.7 Å². The molecule has 0 radical (unpaired) electrons. The van der Waals surface area contributed by atoms with Crippen molar-refractivity contribution < 1.29 is 13.4 Å². The van der Waals surface area contributed by atoms with Crippen LogP contribution in [0, 0.1) is 5.82 Å². The number of nitrogens with two attached hydrogens (primary N) is 1. The van der Waals surface area contributed by atoms with Gasteiger partial charge in [-0.3, -0.25) is 4.79 Å². The van der Waals surface area contributed by atoms with Crippen LogP contribution in [0.15, 0.2) is 65.3 Å². The molecular formula is C28H29FN6O2S. The number of hydrogen-bond acceptors (Lipinski definition) is 6. The quantitative estimate of drug-likeness (QED) is 0.314. The van der Waals surface area contributed by atoms with Crippen LogP contribution in [0.2, 0.25) is 0 Å². The molecule has 1 amide bonds. The van der Waals surface area contributed by atoms with Gasteiger partial charge in [-0.05, 0) is 61.2 Å². The van der Waals surface area contributed by atoms with E-state index in [1.165, 1.54) is 18.5 Å². The summed E-state index contributed by atoms with van der Waals surface area (Å²) in [6.07, 6.45) is 7.24. The van der Waals surface area contributed by atoms with Crippen LogP contribution in [-0.4, -0.2) is 36.2 Å². The Morgan fingerprint density at radius 3 is 2.50 bits per heavy atom. The Hall–Kier alpha value is -4.05. The molecule has 8 nitrogen and oxygen atoms in total. The van der Waals surface area contributed by atoms with Crippen molar-refractivity contribution in [1.82, 2.24) is 14.5 Å². The summed E-state index contributed by atoms with van der Waals surface area (Å²) in [6.45, 7) is 1.78. The Balaban J connectivity index is 1.63. The summed E-state index contributed by atoms with van der Waals surface area (Å²) in [7, 11) is -0.577. The lowest BCUT2D eigenvalue weighted by Crippen LogP contribution is -2.15. The van der Waals surface area contributed by atoms with Crippen LogP contribution in [0.3, 0.4) is 0 Å². The van der Waals surface area contributed by atoms with E-state index in [0.29, 0.717) is 39.4 Å². The summed E-state index contributed by atoms with van der Waals surface area (Å²) in [5, 5.41) is 3.42. The predicted molar refractivity (Wildman–Crippen MR) is 151 cm³/mol. The number of nitrogens with zero attached hydrogens (tertiary/aromatic N) is 4. The van der Waals surface area contributed by atoms with Gasteiger partial charge < -0.3 is 15.6 Å². The number of halogens is 1. The minimum Gasteiger partial charge on any atom is -0.383 e. The van der Waals surface area contributed by atoms with Gasteiger partial charge in [0.2, 0.25) is 5.91 Å². The molecule has 1 fully saturated rings. The van der Waals surface area contributed by atoms with E-state index >= 15 is 4.39 Å². The lowest BCUT2D eigenvalue weighted by Gasteiger charge is -2.15. The van der Waals surface area contributed by atoms with Gasteiger partial charge in [-0.2, -0.15) is 4.36 Å². The average molecular weight is 533 g/mol.